The van der Waals surface area contributed by atoms with Crippen molar-refractivity contribution in [2.45, 2.75) is 6.92 Å². The van der Waals surface area contributed by atoms with Gasteiger partial charge >= 0.3 is 29.6 Å². The minimum Gasteiger partial charge on any atom is -1.00 e. The molecule has 4 heteroatoms. The predicted octanol–water partition coefficient (Wildman–Crippen LogP) is 0.219. The summed E-state index contributed by atoms with van der Waals surface area (Å²) in [7, 11) is 0. The first-order valence-corrected chi connectivity index (χ1v) is 4.41. The number of aryl methyl sites for hydroxylation is 1. The molecule has 0 heterocycles. The Morgan fingerprint density at radius 2 is 1.64 bits per heavy atom. The maximum absolute atomic E-state index is 5.66. The van der Waals surface area contributed by atoms with Crippen molar-refractivity contribution >= 4 is 37.5 Å². The Morgan fingerprint density at radius 1 is 1.27 bits per heavy atom. The van der Waals surface area contributed by atoms with Gasteiger partial charge in [0, 0.05) is 8.95 Å². The fraction of sp³-hybridized carbons (Fsp3) is 0.143. The van der Waals surface area contributed by atoms with Crippen molar-refractivity contribution in [3.8, 4) is 0 Å². The van der Waals surface area contributed by atoms with Crippen LogP contribution < -0.4 is 35.3 Å². The van der Waals surface area contributed by atoms with Gasteiger partial charge in [-0.3, -0.25) is 0 Å². The van der Waals surface area contributed by atoms with Gasteiger partial charge < -0.3 is 7.16 Å². The molecule has 0 aliphatic carbocycles. The van der Waals surface area contributed by atoms with Gasteiger partial charge in [0.2, 0.25) is 0 Å². The van der Waals surface area contributed by atoms with Crippen LogP contribution in [0.1, 0.15) is 6.99 Å². The number of hydrogen-bond acceptors (Lipinski definition) is 1. The first kappa shape index (κ1) is 12.0. The van der Waals surface area contributed by atoms with Crippen LogP contribution >= 0.6 is 31.9 Å². The van der Waals surface area contributed by atoms with E-state index in [-0.39, 0.29) is 31.0 Å². The summed E-state index contributed by atoms with van der Waals surface area (Å²) >= 11 is 6.68. The van der Waals surface area contributed by atoms with Gasteiger partial charge in [-0.05, 0) is 56.5 Å². The summed E-state index contributed by atoms with van der Waals surface area (Å²) in [6.07, 6.45) is 0. The molecule has 0 bridgehead atoms. The van der Waals surface area contributed by atoms with Crippen LogP contribution in [-0.2, 0) is 0 Å². The molecule has 1 rings (SSSR count). The van der Waals surface area contributed by atoms with E-state index in [0.717, 1.165) is 14.6 Å². The van der Waals surface area contributed by atoms with E-state index >= 15 is 0 Å². The summed E-state index contributed by atoms with van der Waals surface area (Å²) < 4.78 is 1.89. The molecular weight excluding hydrogens is 281 g/mol. The third-order valence-corrected chi connectivity index (χ3v) is 2.54. The van der Waals surface area contributed by atoms with E-state index in [2.05, 4.69) is 31.9 Å². The largest absolute Gasteiger partial charge is 1.00 e. The molecule has 1 aromatic carbocycles. The maximum Gasteiger partial charge on any atom is 1.00 e. The van der Waals surface area contributed by atoms with Gasteiger partial charge in [0.05, 0.1) is 5.69 Å². The summed E-state index contributed by atoms with van der Waals surface area (Å²) in [6.45, 7) is 2.02. The fourth-order valence-electron chi connectivity index (χ4n) is 0.711. The molecule has 0 spiro atoms. The van der Waals surface area contributed by atoms with Crippen molar-refractivity contribution in [1.82, 2.24) is 0 Å². The summed E-state index contributed by atoms with van der Waals surface area (Å²) in [5.41, 5.74) is 7.60. The van der Waals surface area contributed by atoms with E-state index in [9.17, 15) is 0 Å². The SMILES string of the molecule is Cc1cc(Br)c(N)c(Br)c1.[H-].[Na+]. The van der Waals surface area contributed by atoms with Crippen LogP contribution in [-0.4, -0.2) is 0 Å². The van der Waals surface area contributed by atoms with Gasteiger partial charge in [0.1, 0.15) is 0 Å². The summed E-state index contributed by atoms with van der Waals surface area (Å²) in [5, 5.41) is 0. The van der Waals surface area contributed by atoms with Gasteiger partial charge in [-0.1, -0.05) is 0 Å². The summed E-state index contributed by atoms with van der Waals surface area (Å²) in [5.74, 6) is 0. The minimum absolute atomic E-state index is 0. The second kappa shape index (κ2) is 4.87. The van der Waals surface area contributed by atoms with Crippen LogP contribution in [0.2, 0.25) is 0 Å². The molecule has 1 nitrogen and oxygen atoms in total. The van der Waals surface area contributed by atoms with Crippen LogP contribution in [0.15, 0.2) is 21.1 Å². The zero-order chi connectivity index (χ0) is 7.72. The number of rotatable bonds is 0. The monoisotopic (exact) mass is 287 g/mol. The molecule has 11 heavy (non-hydrogen) atoms. The second-order valence-electron chi connectivity index (χ2n) is 2.14. The molecule has 0 fully saturated rings. The number of nitrogens with two attached hydrogens (primary N) is 1. The zero-order valence-corrected chi connectivity index (χ0v) is 11.7. The molecule has 1 aromatic rings. The average Bonchev–Trinajstić information content (AvgIpc) is 1.82. The number of halogens is 2. The molecule has 0 amide bonds. The van der Waals surface area contributed by atoms with Crippen molar-refractivity contribution in [2.75, 3.05) is 5.73 Å². The van der Waals surface area contributed by atoms with E-state index in [4.69, 9.17) is 5.73 Å². The molecule has 0 aliphatic heterocycles. The Morgan fingerprint density at radius 3 is 2.00 bits per heavy atom. The number of hydrogen-bond donors (Lipinski definition) is 1. The molecule has 0 radical (unpaired) electrons. The number of nitrogen functional groups attached to an aromatic ring is 1. The quantitative estimate of drug-likeness (QED) is 0.536. The predicted molar refractivity (Wildman–Crippen MR) is 52.1 cm³/mol. The molecular formula is C7H8Br2NNa. The van der Waals surface area contributed by atoms with Crippen molar-refractivity contribution in [1.29, 1.82) is 0 Å². The van der Waals surface area contributed by atoms with Crippen molar-refractivity contribution < 1.29 is 31.0 Å². The Bertz CT molecular complexity index is 245. The van der Waals surface area contributed by atoms with Gasteiger partial charge in [-0.2, -0.15) is 0 Å². The topological polar surface area (TPSA) is 26.0 Å². The Balaban J connectivity index is 0. The Hall–Kier alpha value is 0.980. The van der Waals surface area contributed by atoms with E-state index in [1.807, 2.05) is 19.1 Å². The molecule has 0 unspecified atom stereocenters. The molecule has 2 N–H and O–H groups in total. The molecule has 0 atom stereocenters. The van der Waals surface area contributed by atoms with Crippen molar-refractivity contribution in [2.24, 2.45) is 0 Å². The molecule has 0 aliphatic rings. The van der Waals surface area contributed by atoms with E-state index in [1.165, 1.54) is 5.56 Å². The van der Waals surface area contributed by atoms with Gasteiger partial charge in [0.25, 0.3) is 0 Å². The molecule has 0 saturated carbocycles. The van der Waals surface area contributed by atoms with Gasteiger partial charge in [0.15, 0.2) is 0 Å². The van der Waals surface area contributed by atoms with Crippen LogP contribution in [0, 0.1) is 6.92 Å². The molecule has 0 saturated heterocycles. The van der Waals surface area contributed by atoms with Crippen molar-refractivity contribution in [3.63, 3.8) is 0 Å². The fourth-order valence-corrected chi connectivity index (χ4v) is 2.13. The van der Waals surface area contributed by atoms with E-state index in [1.54, 1.807) is 0 Å². The first-order valence-electron chi connectivity index (χ1n) is 2.82. The first-order chi connectivity index (χ1) is 4.61. The van der Waals surface area contributed by atoms with Crippen LogP contribution in [0.4, 0.5) is 5.69 Å². The minimum atomic E-state index is 0. The standard InChI is InChI=1S/C7H7Br2N.Na.H/c1-4-2-5(8)7(10)6(9)3-4;;/h2-3H,10H2,1H3;;/q;+1;-1. The van der Waals surface area contributed by atoms with E-state index in [0.29, 0.717) is 0 Å². The van der Waals surface area contributed by atoms with E-state index < -0.39 is 0 Å². The second-order valence-corrected chi connectivity index (χ2v) is 3.85. The van der Waals surface area contributed by atoms with Crippen LogP contribution in [0.3, 0.4) is 0 Å². The average molecular weight is 289 g/mol. The molecule has 0 aromatic heterocycles. The number of anilines is 1. The van der Waals surface area contributed by atoms with Crippen LogP contribution in [0.5, 0.6) is 0 Å². The van der Waals surface area contributed by atoms with Gasteiger partial charge in [-0.15, -0.1) is 0 Å². The zero-order valence-electron chi connectivity index (χ0n) is 7.49. The number of benzene rings is 1. The third-order valence-electron chi connectivity index (χ3n) is 1.22. The van der Waals surface area contributed by atoms with Crippen molar-refractivity contribution in [3.05, 3.63) is 26.6 Å². The smallest absolute Gasteiger partial charge is 1.00 e. The third kappa shape index (κ3) is 3.07. The maximum atomic E-state index is 5.66. The Labute approximate surface area is 107 Å². The van der Waals surface area contributed by atoms with Gasteiger partial charge in [-0.25, -0.2) is 0 Å². The normalized spacial score (nSPS) is 9.00. The molecule has 56 valence electrons. The van der Waals surface area contributed by atoms with Crippen LogP contribution in [0.25, 0.3) is 0 Å². The summed E-state index contributed by atoms with van der Waals surface area (Å²) in [6, 6.07) is 3.97. The Kier molecular flexibility index (Phi) is 5.31. The summed E-state index contributed by atoms with van der Waals surface area (Å²) in [4.78, 5) is 0.